The number of anilines is 1. The SMILES string of the molecule is Cc1cc(C(=O)NC2CCCCC2)ccc1NC(=O)CCc1ncc(-c2ccccc2Cl)o1. The molecule has 1 heterocycles. The van der Waals surface area contributed by atoms with Gasteiger partial charge in [0.1, 0.15) is 0 Å². The molecule has 1 fully saturated rings. The number of carbonyl (C=O) groups is 2. The van der Waals surface area contributed by atoms with Gasteiger partial charge in [-0.25, -0.2) is 4.98 Å². The fourth-order valence-corrected chi connectivity index (χ4v) is 4.33. The minimum Gasteiger partial charge on any atom is -0.441 e. The van der Waals surface area contributed by atoms with Crippen LogP contribution in [-0.4, -0.2) is 22.8 Å². The maximum atomic E-state index is 12.6. The van der Waals surface area contributed by atoms with Gasteiger partial charge >= 0.3 is 0 Å². The number of oxazole rings is 1. The molecule has 1 aliphatic carbocycles. The van der Waals surface area contributed by atoms with Crippen molar-refractivity contribution in [3.8, 4) is 11.3 Å². The van der Waals surface area contributed by atoms with Crippen molar-refractivity contribution in [2.24, 2.45) is 0 Å². The van der Waals surface area contributed by atoms with Crippen molar-refractivity contribution in [3.63, 3.8) is 0 Å². The summed E-state index contributed by atoms with van der Waals surface area (Å²) in [5.74, 6) is 0.858. The summed E-state index contributed by atoms with van der Waals surface area (Å²) in [5, 5.41) is 6.63. The summed E-state index contributed by atoms with van der Waals surface area (Å²) in [6, 6.07) is 13.0. The van der Waals surface area contributed by atoms with Crippen molar-refractivity contribution >= 4 is 29.1 Å². The molecule has 3 aromatic rings. The number of benzene rings is 2. The van der Waals surface area contributed by atoms with Crippen LogP contribution < -0.4 is 10.6 Å². The third-order valence-electron chi connectivity index (χ3n) is 5.96. The van der Waals surface area contributed by atoms with E-state index in [1.807, 2.05) is 31.2 Å². The molecule has 6 nitrogen and oxygen atoms in total. The van der Waals surface area contributed by atoms with Gasteiger partial charge in [-0.3, -0.25) is 9.59 Å². The number of nitrogens with zero attached hydrogens (tertiary/aromatic N) is 1. The lowest BCUT2D eigenvalue weighted by molar-refractivity contribution is -0.116. The standard InChI is InChI=1S/C26H28ClN3O3/c1-17-15-18(26(32)29-19-7-3-2-4-8-19)11-12-22(17)30-24(31)13-14-25-28-16-23(33-25)20-9-5-6-10-21(20)27/h5-6,9-12,15-16,19H,2-4,7-8,13-14H2,1H3,(H,29,32)(H,30,31). The summed E-state index contributed by atoms with van der Waals surface area (Å²) in [6.07, 6.45) is 7.90. The predicted molar refractivity (Wildman–Crippen MR) is 129 cm³/mol. The van der Waals surface area contributed by atoms with Gasteiger partial charge in [0.15, 0.2) is 11.7 Å². The summed E-state index contributed by atoms with van der Waals surface area (Å²) < 4.78 is 5.76. The zero-order valence-electron chi connectivity index (χ0n) is 18.7. The number of carbonyl (C=O) groups excluding carboxylic acids is 2. The molecule has 0 bridgehead atoms. The molecular weight excluding hydrogens is 438 g/mol. The summed E-state index contributed by atoms with van der Waals surface area (Å²) in [7, 11) is 0. The smallest absolute Gasteiger partial charge is 0.251 e. The molecule has 0 aliphatic heterocycles. The Hall–Kier alpha value is -3.12. The third-order valence-corrected chi connectivity index (χ3v) is 6.29. The minimum atomic E-state index is -0.144. The van der Waals surface area contributed by atoms with E-state index in [1.54, 1.807) is 24.4 Å². The molecular formula is C26H28ClN3O3. The number of hydrogen-bond acceptors (Lipinski definition) is 4. The molecule has 7 heteroatoms. The third kappa shape index (κ3) is 6.02. The number of hydrogen-bond donors (Lipinski definition) is 2. The van der Waals surface area contributed by atoms with Crippen LogP contribution in [0.25, 0.3) is 11.3 Å². The highest BCUT2D eigenvalue weighted by Gasteiger charge is 2.17. The first-order valence-electron chi connectivity index (χ1n) is 11.4. The first-order chi connectivity index (χ1) is 16.0. The Labute approximate surface area is 198 Å². The average molecular weight is 466 g/mol. The van der Waals surface area contributed by atoms with Gasteiger partial charge in [0, 0.05) is 35.7 Å². The van der Waals surface area contributed by atoms with Crippen LogP contribution >= 0.6 is 11.6 Å². The van der Waals surface area contributed by atoms with Gasteiger partial charge in [0.25, 0.3) is 5.91 Å². The normalized spacial score (nSPS) is 14.1. The van der Waals surface area contributed by atoms with E-state index in [-0.39, 0.29) is 24.3 Å². The van der Waals surface area contributed by atoms with Crippen LogP contribution in [0.2, 0.25) is 5.02 Å². The van der Waals surface area contributed by atoms with Gasteiger partial charge < -0.3 is 15.1 Å². The molecule has 0 spiro atoms. The number of rotatable bonds is 7. The molecule has 0 radical (unpaired) electrons. The zero-order valence-corrected chi connectivity index (χ0v) is 19.5. The molecule has 172 valence electrons. The fraction of sp³-hybridized carbons (Fsp3) is 0.346. The van der Waals surface area contributed by atoms with E-state index >= 15 is 0 Å². The Kier molecular flexibility index (Phi) is 7.45. The van der Waals surface area contributed by atoms with Crippen LogP contribution in [0.1, 0.15) is 60.3 Å². The molecule has 0 saturated heterocycles. The van der Waals surface area contributed by atoms with Crippen molar-refractivity contribution in [3.05, 3.63) is 70.7 Å². The van der Waals surface area contributed by atoms with E-state index in [1.165, 1.54) is 19.3 Å². The molecule has 1 aliphatic rings. The molecule has 33 heavy (non-hydrogen) atoms. The van der Waals surface area contributed by atoms with Crippen molar-refractivity contribution in [1.82, 2.24) is 10.3 Å². The van der Waals surface area contributed by atoms with Crippen LogP contribution in [0.15, 0.2) is 53.1 Å². The van der Waals surface area contributed by atoms with Crippen LogP contribution in [0, 0.1) is 6.92 Å². The Morgan fingerprint density at radius 2 is 1.91 bits per heavy atom. The summed E-state index contributed by atoms with van der Waals surface area (Å²) >= 11 is 6.20. The van der Waals surface area contributed by atoms with Gasteiger partial charge in [-0.15, -0.1) is 0 Å². The van der Waals surface area contributed by atoms with Crippen LogP contribution in [0.5, 0.6) is 0 Å². The number of aromatic nitrogens is 1. The van der Waals surface area contributed by atoms with E-state index in [9.17, 15) is 9.59 Å². The molecule has 2 amide bonds. The second-order valence-corrected chi connectivity index (χ2v) is 8.89. The molecule has 2 N–H and O–H groups in total. The lowest BCUT2D eigenvalue weighted by Crippen LogP contribution is -2.36. The molecule has 4 rings (SSSR count). The highest BCUT2D eigenvalue weighted by molar-refractivity contribution is 6.33. The van der Waals surface area contributed by atoms with Crippen LogP contribution in [-0.2, 0) is 11.2 Å². The van der Waals surface area contributed by atoms with Crippen molar-refractivity contribution in [1.29, 1.82) is 0 Å². The van der Waals surface area contributed by atoms with E-state index < -0.39 is 0 Å². The number of nitrogens with one attached hydrogen (secondary N) is 2. The molecule has 2 aromatic carbocycles. The summed E-state index contributed by atoms with van der Waals surface area (Å²) in [6.45, 7) is 1.89. The van der Waals surface area contributed by atoms with Crippen LogP contribution in [0.3, 0.4) is 0 Å². The lowest BCUT2D eigenvalue weighted by atomic mass is 9.95. The Morgan fingerprint density at radius 1 is 1.12 bits per heavy atom. The number of aryl methyl sites for hydroxylation is 2. The van der Waals surface area contributed by atoms with Gasteiger partial charge in [-0.2, -0.15) is 0 Å². The van der Waals surface area contributed by atoms with E-state index in [0.717, 1.165) is 24.0 Å². The number of amides is 2. The second kappa shape index (κ2) is 10.7. The maximum absolute atomic E-state index is 12.6. The molecule has 1 saturated carbocycles. The first kappa shape index (κ1) is 23.1. The molecule has 1 aromatic heterocycles. The minimum absolute atomic E-state index is 0.0545. The fourth-order valence-electron chi connectivity index (χ4n) is 4.11. The topological polar surface area (TPSA) is 84.2 Å². The first-order valence-corrected chi connectivity index (χ1v) is 11.8. The van der Waals surface area contributed by atoms with Gasteiger partial charge in [-0.05, 0) is 55.7 Å². The maximum Gasteiger partial charge on any atom is 0.251 e. The highest BCUT2D eigenvalue weighted by atomic mass is 35.5. The predicted octanol–water partition coefficient (Wildman–Crippen LogP) is 5.94. The van der Waals surface area contributed by atoms with Crippen molar-refractivity contribution < 1.29 is 14.0 Å². The van der Waals surface area contributed by atoms with Crippen molar-refractivity contribution in [2.45, 2.75) is 57.9 Å². The average Bonchev–Trinajstić information content (AvgIpc) is 3.29. The van der Waals surface area contributed by atoms with Crippen molar-refractivity contribution in [2.75, 3.05) is 5.32 Å². The second-order valence-electron chi connectivity index (χ2n) is 8.48. The molecule has 0 atom stereocenters. The monoisotopic (exact) mass is 465 g/mol. The Morgan fingerprint density at radius 3 is 2.67 bits per heavy atom. The zero-order chi connectivity index (χ0) is 23.2. The molecule has 0 unspecified atom stereocenters. The summed E-state index contributed by atoms with van der Waals surface area (Å²) in [5.41, 5.74) is 2.92. The Bertz CT molecular complexity index is 1140. The van der Waals surface area contributed by atoms with Crippen LogP contribution in [0.4, 0.5) is 5.69 Å². The largest absolute Gasteiger partial charge is 0.441 e. The quantitative estimate of drug-likeness (QED) is 0.452. The van der Waals surface area contributed by atoms with E-state index in [0.29, 0.717) is 34.3 Å². The van der Waals surface area contributed by atoms with Gasteiger partial charge in [0.2, 0.25) is 5.91 Å². The highest BCUT2D eigenvalue weighted by Crippen LogP contribution is 2.28. The van der Waals surface area contributed by atoms with E-state index in [4.69, 9.17) is 16.0 Å². The van der Waals surface area contributed by atoms with Gasteiger partial charge in [-0.1, -0.05) is 43.0 Å². The Balaban J connectivity index is 1.30. The van der Waals surface area contributed by atoms with E-state index in [2.05, 4.69) is 15.6 Å². The van der Waals surface area contributed by atoms with Gasteiger partial charge in [0.05, 0.1) is 11.2 Å². The lowest BCUT2D eigenvalue weighted by Gasteiger charge is -2.23. The number of halogens is 1. The summed E-state index contributed by atoms with van der Waals surface area (Å²) in [4.78, 5) is 29.3.